The third kappa shape index (κ3) is 2.85. The first kappa shape index (κ1) is 13.0. The van der Waals surface area contributed by atoms with Gasteiger partial charge in [-0.15, -0.1) is 0 Å². The van der Waals surface area contributed by atoms with Crippen LogP contribution in [0.2, 0.25) is 0 Å². The number of rotatable bonds is 2. The van der Waals surface area contributed by atoms with Gasteiger partial charge in [-0.2, -0.15) is 0 Å². The summed E-state index contributed by atoms with van der Waals surface area (Å²) in [4.78, 5) is 16.0. The summed E-state index contributed by atoms with van der Waals surface area (Å²) in [6.07, 6.45) is 4.80. The number of carbonyl (C=O) groups is 1. The van der Waals surface area contributed by atoms with Crippen LogP contribution in [0.5, 0.6) is 0 Å². The Bertz CT molecular complexity index is 430. The summed E-state index contributed by atoms with van der Waals surface area (Å²) in [5.74, 6) is -0.394. The van der Waals surface area contributed by atoms with E-state index in [4.69, 9.17) is 5.73 Å². The molecule has 0 radical (unpaired) electrons. The van der Waals surface area contributed by atoms with E-state index in [9.17, 15) is 9.18 Å². The molecule has 1 aliphatic carbocycles. The molecule has 0 saturated heterocycles. The summed E-state index contributed by atoms with van der Waals surface area (Å²) in [6, 6.07) is 2.72. The highest BCUT2D eigenvalue weighted by molar-refractivity contribution is 5.92. The van der Waals surface area contributed by atoms with Crippen molar-refractivity contribution in [3.05, 3.63) is 24.1 Å². The number of pyridine rings is 1. The molecule has 1 aliphatic rings. The number of hydrogen-bond acceptors (Lipinski definition) is 3. The molecular formula is C13H18FN3O. The zero-order chi connectivity index (χ0) is 13.2. The van der Waals surface area contributed by atoms with E-state index in [1.54, 1.807) is 0 Å². The number of nitrogens with two attached hydrogens (primary N) is 1. The minimum atomic E-state index is -0.470. The Hall–Kier alpha value is -1.49. The standard InChI is InChI=1S/C13H18FN3O/c1-13(15)7-3-2-4-10(13)12(18)17-11-6-5-9(14)8-16-11/h5-6,8,10H,2-4,7,15H2,1H3,(H,16,17,18). The fourth-order valence-corrected chi connectivity index (χ4v) is 2.45. The maximum atomic E-state index is 12.7. The maximum Gasteiger partial charge on any atom is 0.230 e. The van der Waals surface area contributed by atoms with Crippen molar-refractivity contribution < 1.29 is 9.18 Å². The van der Waals surface area contributed by atoms with Crippen molar-refractivity contribution in [3.8, 4) is 0 Å². The third-order valence-corrected chi connectivity index (χ3v) is 3.55. The molecule has 1 fully saturated rings. The Balaban J connectivity index is 2.05. The molecule has 0 aromatic carbocycles. The lowest BCUT2D eigenvalue weighted by Gasteiger charge is -2.37. The van der Waals surface area contributed by atoms with E-state index in [1.165, 1.54) is 12.1 Å². The fourth-order valence-electron chi connectivity index (χ4n) is 2.45. The van der Waals surface area contributed by atoms with Gasteiger partial charge in [0.2, 0.25) is 5.91 Å². The van der Waals surface area contributed by atoms with E-state index >= 15 is 0 Å². The third-order valence-electron chi connectivity index (χ3n) is 3.55. The van der Waals surface area contributed by atoms with Gasteiger partial charge in [0.05, 0.1) is 12.1 Å². The zero-order valence-electron chi connectivity index (χ0n) is 10.4. The molecule has 1 saturated carbocycles. The first-order valence-electron chi connectivity index (χ1n) is 6.20. The normalized spacial score (nSPS) is 27.8. The number of nitrogens with one attached hydrogen (secondary N) is 1. The zero-order valence-corrected chi connectivity index (χ0v) is 10.4. The second-order valence-corrected chi connectivity index (χ2v) is 5.16. The molecule has 1 aromatic heterocycles. The van der Waals surface area contributed by atoms with Crippen molar-refractivity contribution in [1.29, 1.82) is 0 Å². The van der Waals surface area contributed by atoms with Gasteiger partial charge in [0, 0.05) is 5.54 Å². The molecular weight excluding hydrogens is 233 g/mol. The predicted octanol–water partition coefficient (Wildman–Crippen LogP) is 2.07. The summed E-state index contributed by atoms with van der Waals surface area (Å²) >= 11 is 0. The Morgan fingerprint density at radius 2 is 2.33 bits per heavy atom. The summed E-state index contributed by atoms with van der Waals surface area (Å²) < 4.78 is 12.7. The molecule has 98 valence electrons. The average molecular weight is 251 g/mol. The molecule has 4 nitrogen and oxygen atoms in total. The lowest BCUT2D eigenvalue weighted by atomic mass is 9.74. The van der Waals surface area contributed by atoms with Gasteiger partial charge in [-0.3, -0.25) is 4.79 Å². The van der Waals surface area contributed by atoms with Crippen LogP contribution in [-0.4, -0.2) is 16.4 Å². The molecule has 2 atom stereocenters. The van der Waals surface area contributed by atoms with Crippen LogP contribution in [0.1, 0.15) is 32.6 Å². The molecule has 1 amide bonds. The van der Waals surface area contributed by atoms with Crippen molar-refractivity contribution in [2.45, 2.75) is 38.1 Å². The SMILES string of the molecule is CC1(N)CCCCC1C(=O)Nc1ccc(F)cn1. The van der Waals surface area contributed by atoms with E-state index in [0.717, 1.165) is 31.9 Å². The minimum absolute atomic E-state index is 0.126. The van der Waals surface area contributed by atoms with E-state index in [-0.39, 0.29) is 11.8 Å². The summed E-state index contributed by atoms with van der Waals surface area (Å²) in [5, 5.41) is 2.70. The van der Waals surface area contributed by atoms with Crippen molar-refractivity contribution in [2.24, 2.45) is 11.7 Å². The van der Waals surface area contributed by atoms with Gasteiger partial charge in [-0.05, 0) is 31.9 Å². The second-order valence-electron chi connectivity index (χ2n) is 5.16. The topological polar surface area (TPSA) is 68.0 Å². The average Bonchev–Trinajstić information content (AvgIpc) is 2.31. The molecule has 0 bridgehead atoms. The number of nitrogens with zero attached hydrogens (tertiary/aromatic N) is 1. The van der Waals surface area contributed by atoms with E-state index < -0.39 is 11.4 Å². The van der Waals surface area contributed by atoms with E-state index in [1.807, 2.05) is 6.92 Å². The first-order valence-corrected chi connectivity index (χ1v) is 6.20. The molecule has 3 N–H and O–H groups in total. The molecule has 0 aliphatic heterocycles. The molecule has 1 aromatic rings. The van der Waals surface area contributed by atoms with Crippen molar-refractivity contribution in [3.63, 3.8) is 0 Å². The molecule has 1 heterocycles. The van der Waals surface area contributed by atoms with Crippen LogP contribution in [0.25, 0.3) is 0 Å². The van der Waals surface area contributed by atoms with Gasteiger partial charge >= 0.3 is 0 Å². The summed E-state index contributed by atoms with van der Waals surface area (Å²) in [6.45, 7) is 1.91. The second kappa shape index (κ2) is 5.02. The number of hydrogen-bond donors (Lipinski definition) is 2. The number of aromatic nitrogens is 1. The summed E-state index contributed by atoms with van der Waals surface area (Å²) in [7, 11) is 0. The highest BCUT2D eigenvalue weighted by atomic mass is 19.1. The van der Waals surface area contributed by atoms with Gasteiger partial charge < -0.3 is 11.1 Å². The lowest BCUT2D eigenvalue weighted by Crippen LogP contribution is -2.51. The molecule has 5 heteroatoms. The van der Waals surface area contributed by atoms with Crippen LogP contribution in [0, 0.1) is 11.7 Å². The number of anilines is 1. The van der Waals surface area contributed by atoms with Crippen molar-refractivity contribution in [1.82, 2.24) is 4.98 Å². The first-order chi connectivity index (χ1) is 8.49. The van der Waals surface area contributed by atoms with Gasteiger partial charge in [0.15, 0.2) is 0 Å². The Morgan fingerprint density at radius 3 is 2.94 bits per heavy atom. The van der Waals surface area contributed by atoms with Gasteiger partial charge in [0.1, 0.15) is 11.6 Å². The van der Waals surface area contributed by atoms with Gasteiger partial charge in [-0.25, -0.2) is 9.37 Å². The van der Waals surface area contributed by atoms with Crippen LogP contribution >= 0.6 is 0 Å². The quantitative estimate of drug-likeness (QED) is 0.845. The highest BCUT2D eigenvalue weighted by Crippen LogP contribution is 2.32. The molecule has 2 rings (SSSR count). The van der Waals surface area contributed by atoms with Crippen LogP contribution in [0.4, 0.5) is 10.2 Å². The number of amides is 1. The predicted molar refractivity (Wildman–Crippen MR) is 67.4 cm³/mol. The Labute approximate surface area is 106 Å². The maximum absolute atomic E-state index is 12.7. The minimum Gasteiger partial charge on any atom is -0.325 e. The fraction of sp³-hybridized carbons (Fsp3) is 0.538. The van der Waals surface area contributed by atoms with Crippen LogP contribution in [-0.2, 0) is 4.79 Å². The molecule has 2 unspecified atom stereocenters. The Kier molecular flexibility index (Phi) is 3.61. The number of halogens is 1. The summed E-state index contributed by atoms with van der Waals surface area (Å²) in [5.41, 5.74) is 5.69. The van der Waals surface area contributed by atoms with Crippen LogP contribution in [0.15, 0.2) is 18.3 Å². The van der Waals surface area contributed by atoms with E-state index in [0.29, 0.717) is 5.82 Å². The van der Waals surface area contributed by atoms with Gasteiger partial charge in [-0.1, -0.05) is 12.8 Å². The smallest absolute Gasteiger partial charge is 0.230 e. The van der Waals surface area contributed by atoms with Crippen LogP contribution < -0.4 is 11.1 Å². The van der Waals surface area contributed by atoms with Crippen molar-refractivity contribution in [2.75, 3.05) is 5.32 Å². The highest BCUT2D eigenvalue weighted by Gasteiger charge is 2.37. The van der Waals surface area contributed by atoms with Gasteiger partial charge in [0.25, 0.3) is 0 Å². The molecule has 18 heavy (non-hydrogen) atoms. The number of carbonyl (C=O) groups excluding carboxylic acids is 1. The van der Waals surface area contributed by atoms with Crippen LogP contribution in [0.3, 0.4) is 0 Å². The monoisotopic (exact) mass is 251 g/mol. The van der Waals surface area contributed by atoms with Crippen molar-refractivity contribution >= 4 is 11.7 Å². The largest absolute Gasteiger partial charge is 0.325 e. The Morgan fingerprint density at radius 1 is 1.56 bits per heavy atom. The van der Waals surface area contributed by atoms with E-state index in [2.05, 4.69) is 10.3 Å². The molecule has 0 spiro atoms. The lowest BCUT2D eigenvalue weighted by molar-refractivity contribution is -0.122.